The average molecular weight is 376 g/mol. The molecule has 2 N–H and O–H groups in total. The first-order valence-corrected chi connectivity index (χ1v) is 10.5. The zero-order valence-electron chi connectivity index (χ0n) is 16.7. The first-order chi connectivity index (χ1) is 12.6. The second-order valence-electron chi connectivity index (χ2n) is 10.6. The lowest BCUT2D eigenvalue weighted by Gasteiger charge is -2.74. The Morgan fingerprint density at radius 3 is 2.67 bits per heavy atom. The summed E-state index contributed by atoms with van der Waals surface area (Å²) in [6, 6.07) is 0. The van der Waals surface area contributed by atoms with E-state index in [0.29, 0.717) is 13.0 Å². The van der Waals surface area contributed by atoms with Crippen LogP contribution in [0.1, 0.15) is 59.3 Å². The fourth-order valence-corrected chi connectivity index (χ4v) is 8.21. The van der Waals surface area contributed by atoms with Crippen molar-refractivity contribution >= 4 is 5.97 Å². The lowest BCUT2D eigenvalue weighted by atomic mass is 9.37. The van der Waals surface area contributed by atoms with Gasteiger partial charge in [-0.2, -0.15) is 0 Å². The number of hydrogen-bond donors (Lipinski definition) is 2. The summed E-state index contributed by atoms with van der Waals surface area (Å²) in [5, 5.41) is 23.2. The Bertz CT molecular complexity index is 715. The molecule has 6 aliphatic rings. The van der Waals surface area contributed by atoms with Crippen molar-refractivity contribution in [3.05, 3.63) is 12.2 Å². The summed E-state index contributed by atoms with van der Waals surface area (Å²) < 4.78 is 12.0. The highest BCUT2D eigenvalue weighted by atomic mass is 16.6. The highest BCUT2D eigenvalue weighted by Crippen LogP contribution is 2.77. The Balaban J connectivity index is 1.71. The molecule has 6 rings (SSSR count). The van der Waals surface area contributed by atoms with Crippen LogP contribution in [0, 0.1) is 34.0 Å². The van der Waals surface area contributed by atoms with Gasteiger partial charge in [-0.25, -0.2) is 0 Å². The third-order valence-corrected chi connectivity index (χ3v) is 9.32. The maximum absolute atomic E-state index is 11.9. The molecule has 4 aliphatic carbocycles. The average Bonchev–Trinajstić information content (AvgIpc) is 2.81. The third-order valence-electron chi connectivity index (χ3n) is 9.32. The van der Waals surface area contributed by atoms with Gasteiger partial charge in [0.2, 0.25) is 0 Å². The SMILES string of the molecule is C=C1[C@@H]2CC[C@H]3[C@@]45CO[C@](O)(C[C@@H]4C(C)(C)CC[C@@H]5O)[C@]3(C2)[C@@H]1OC(C)=O. The van der Waals surface area contributed by atoms with Crippen molar-refractivity contribution in [2.45, 2.75) is 77.3 Å². The Morgan fingerprint density at radius 2 is 1.96 bits per heavy atom. The minimum Gasteiger partial charge on any atom is -0.457 e. The van der Waals surface area contributed by atoms with Gasteiger partial charge in [0.05, 0.1) is 18.1 Å². The second kappa shape index (κ2) is 5.17. The van der Waals surface area contributed by atoms with E-state index in [2.05, 4.69) is 20.4 Å². The standard InChI is InChI=1S/C22H32O5/c1-12-14-5-6-15-20-11-26-22(25,21(15,9-14)18(12)27-13(2)23)10-16(20)19(3,4)8-7-17(20)24/h14-18,24-25H,1,5-11H2,2-4H3/t14-,15+,16-,17+,18-,20+,21+,22-/m1/s1. The van der Waals surface area contributed by atoms with E-state index < -0.39 is 23.4 Å². The molecule has 0 aromatic rings. The van der Waals surface area contributed by atoms with Gasteiger partial charge in [0.15, 0.2) is 5.79 Å². The number of aliphatic hydroxyl groups is 2. The fourth-order valence-electron chi connectivity index (χ4n) is 8.21. The minimum absolute atomic E-state index is 0.0436. The van der Waals surface area contributed by atoms with Gasteiger partial charge in [-0.1, -0.05) is 20.4 Å². The lowest BCUT2D eigenvalue weighted by Crippen LogP contribution is -2.78. The van der Waals surface area contributed by atoms with Crippen LogP contribution >= 0.6 is 0 Å². The summed E-state index contributed by atoms with van der Waals surface area (Å²) in [5.74, 6) is -1.13. The predicted octanol–water partition coefficient (Wildman–Crippen LogP) is 2.80. The first kappa shape index (κ1) is 18.1. The molecule has 2 aliphatic heterocycles. The van der Waals surface area contributed by atoms with Crippen LogP contribution < -0.4 is 0 Å². The van der Waals surface area contributed by atoms with Crippen LogP contribution in [-0.4, -0.2) is 40.8 Å². The van der Waals surface area contributed by atoms with E-state index in [1.54, 1.807) is 0 Å². The second-order valence-corrected chi connectivity index (χ2v) is 10.6. The molecule has 0 aromatic carbocycles. The summed E-state index contributed by atoms with van der Waals surface area (Å²) >= 11 is 0. The smallest absolute Gasteiger partial charge is 0.303 e. The van der Waals surface area contributed by atoms with Crippen LogP contribution in [0.5, 0.6) is 0 Å². The van der Waals surface area contributed by atoms with Crippen molar-refractivity contribution in [2.75, 3.05) is 6.61 Å². The molecule has 0 radical (unpaired) electrons. The number of carbonyl (C=O) groups is 1. The third kappa shape index (κ3) is 1.89. The molecule has 27 heavy (non-hydrogen) atoms. The summed E-state index contributed by atoms with van der Waals surface area (Å²) in [5.41, 5.74) is -0.0842. The number of aliphatic hydroxyl groups excluding tert-OH is 1. The summed E-state index contributed by atoms with van der Waals surface area (Å²) in [6.07, 6.45) is 3.92. The molecule has 2 spiro atoms. The quantitative estimate of drug-likeness (QED) is 0.544. The molecule has 4 saturated carbocycles. The van der Waals surface area contributed by atoms with Crippen LogP contribution in [0.2, 0.25) is 0 Å². The van der Waals surface area contributed by atoms with Gasteiger partial charge >= 0.3 is 5.97 Å². The van der Waals surface area contributed by atoms with E-state index in [9.17, 15) is 15.0 Å². The van der Waals surface area contributed by atoms with Crippen molar-refractivity contribution in [1.29, 1.82) is 0 Å². The monoisotopic (exact) mass is 376 g/mol. The lowest BCUT2D eigenvalue weighted by molar-refractivity contribution is -0.434. The molecule has 5 nitrogen and oxygen atoms in total. The van der Waals surface area contributed by atoms with Gasteiger partial charge in [-0.15, -0.1) is 0 Å². The van der Waals surface area contributed by atoms with E-state index in [0.717, 1.165) is 37.7 Å². The van der Waals surface area contributed by atoms with Gasteiger partial charge in [-0.05, 0) is 60.8 Å². The molecule has 5 heteroatoms. The number of rotatable bonds is 1. The normalized spacial score (nSPS) is 55.0. The van der Waals surface area contributed by atoms with Gasteiger partial charge in [-0.3, -0.25) is 4.79 Å². The van der Waals surface area contributed by atoms with Crippen LogP contribution in [0.25, 0.3) is 0 Å². The molecule has 4 bridgehead atoms. The number of fused-ring (bicyclic) bond motifs is 2. The number of esters is 1. The van der Waals surface area contributed by atoms with Crippen molar-refractivity contribution in [3.8, 4) is 0 Å². The largest absolute Gasteiger partial charge is 0.457 e. The van der Waals surface area contributed by atoms with Crippen LogP contribution in [0.4, 0.5) is 0 Å². The highest BCUT2D eigenvalue weighted by Gasteiger charge is 2.81. The molecular formula is C22H32O5. The maximum Gasteiger partial charge on any atom is 0.303 e. The summed E-state index contributed by atoms with van der Waals surface area (Å²) in [4.78, 5) is 11.9. The van der Waals surface area contributed by atoms with Crippen LogP contribution in [0.15, 0.2) is 12.2 Å². The molecule has 6 fully saturated rings. The molecule has 0 amide bonds. The van der Waals surface area contributed by atoms with Gasteiger partial charge in [0.1, 0.15) is 6.10 Å². The van der Waals surface area contributed by atoms with E-state index in [1.807, 2.05) is 0 Å². The van der Waals surface area contributed by atoms with Crippen molar-refractivity contribution in [3.63, 3.8) is 0 Å². The number of carbonyl (C=O) groups excluding carboxylic acids is 1. The zero-order valence-corrected chi connectivity index (χ0v) is 16.7. The Morgan fingerprint density at radius 1 is 1.22 bits per heavy atom. The molecule has 0 unspecified atom stereocenters. The van der Waals surface area contributed by atoms with E-state index in [-0.39, 0.29) is 34.6 Å². The zero-order chi connectivity index (χ0) is 19.4. The van der Waals surface area contributed by atoms with Gasteiger partial charge in [0.25, 0.3) is 0 Å². The molecule has 2 heterocycles. The maximum atomic E-state index is 11.9. The fraction of sp³-hybridized carbons (Fsp3) is 0.864. The Kier molecular flexibility index (Phi) is 3.47. The molecule has 8 atom stereocenters. The van der Waals surface area contributed by atoms with Gasteiger partial charge < -0.3 is 19.7 Å². The van der Waals surface area contributed by atoms with Crippen molar-refractivity contribution in [1.82, 2.24) is 0 Å². The summed E-state index contributed by atoms with van der Waals surface area (Å²) in [7, 11) is 0. The Hall–Kier alpha value is -0.910. The van der Waals surface area contributed by atoms with Gasteiger partial charge in [0, 0.05) is 18.8 Å². The molecule has 0 aromatic heterocycles. The number of hydrogen-bond acceptors (Lipinski definition) is 5. The van der Waals surface area contributed by atoms with E-state index >= 15 is 0 Å². The molecular weight excluding hydrogens is 344 g/mol. The predicted molar refractivity (Wildman–Crippen MR) is 98.4 cm³/mol. The van der Waals surface area contributed by atoms with E-state index in [1.165, 1.54) is 6.92 Å². The Labute approximate surface area is 161 Å². The van der Waals surface area contributed by atoms with Crippen molar-refractivity contribution in [2.24, 2.45) is 34.0 Å². The summed E-state index contributed by atoms with van der Waals surface area (Å²) in [6.45, 7) is 10.6. The van der Waals surface area contributed by atoms with Crippen LogP contribution in [0.3, 0.4) is 0 Å². The highest BCUT2D eigenvalue weighted by molar-refractivity contribution is 5.67. The van der Waals surface area contributed by atoms with Crippen molar-refractivity contribution < 1.29 is 24.5 Å². The molecule has 2 saturated heterocycles. The first-order valence-electron chi connectivity index (χ1n) is 10.5. The van der Waals surface area contributed by atoms with E-state index in [4.69, 9.17) is 9.47 Å². The van der Waals surface area contributed by atoms with Crippen LogP contribution in [-0.2, 0) is 14.3 Å². The molecule has 150 valence electrons. The topological polar surface area (TPSA) is 76.0 Å². The number of ether oxygens (including phenoxy) is 2. The minimum atomic E-state index is -1.32.